The standard InChI is InChI=1S/C26H28N2O3/c1-18(22-13-14-23-24(17-22)31-16-15-30-23)27-19(2)26(29)28-25(20-9-5-3-6-10-20)21-11-7-4-8-12-21/h3-14,17-19,25,27H,15-16H2,1-2H3,(H,28,29)/t18-,19+/m1/s1. The summed E-state index contributed by atoms with van der Waals surface area (Å²) in [6, 6.07) is 25.4. The van der Waals surface area contributed by atoms with Crippen LogP contribution in [0.25, 0.3) is 0 Å². The van der Waals surface area contributed by atoms with Crippen LogP contribution in [0.5, 0.6) is 11.5 Å². The molecule has 5 nitrogen and oxygen atoms in total. The second kappa shape index (κ2) is 9.67. The fourth-order valence-electron chi connectivity index (χ4n) is 3.79. The highest BCUT2D eigenvalue weighted by Crippen LogP contribution is 2.32. The number of carbonyl (C=O) groups excluding carboxylic acids is 1. The predicted octanol–water partition coefficient (Wildman–Crippen LogP) is 4.40. The number of amides is 1. The minimum Gasteiger partial charge on any atom is -0.486 e. The van der Waals surface area contributed by atoms with Crippen LogP contribution in [0.2, 0.25) is 0 Å². The third-order valence-corrected chi connectivity index (χ3v) is 5.51. The lowest BCUT2D eigenvalue weighted by Crippen LogP contribution is -2.44. The Balaban J connectivity index is 1.45. The number of ether oxygens (including phenoxy) is 2. The van der Waals surface area contributed by atoms with Crippen molar-refractivity contribution in [1.29, 1.82) is 0 Å². The second-order valence-corrected chi connectivity index (χ2v) is 7.78. The van der Waals surface area contributed by atoms with Crippen molar-refractivity contribution >= 4 is 5.91 Å². The summed E-state index contributed by atoms with van der Waals surface area (Å²) in [7, 11) is 0. The lowest BCUT2D eigenvalue weighted by atomic mass is 9.98. The first-order chi connectivity index (χ1) is 15.1. The van der Waals surface area contributed by atoms with Gasteiger partial charge in [-0.1, -0.05) is 66.7 Å². The highest BCUT2D eigenvalue weighted by Gasteiger charge is 2.22. The van der Waals surface area contributed by atoms with Crippen molar-refractivity contribution in [3.05, 3.63) is 95.6 Å². The number of carbonyl (C=O) groups is 1. The van der Waals surface area contributed by atoms with E-state index in [2.05, 4.69) is 10.6 Å². The number of benzene rings is 3. The average Bonchev–Trinajstić information content (AvgIpc) is 2.83. The van der Waals surface area contributed by atoms with Crippen molar-refractivity contribution in [2.24, 2.45) is 0 Å². The zero-order chi connectivity index (χ0) is 21.6. The molecule has 0 bridgehead atoms. The van der Waals surface area contributed by atoms with Crippen molar-refractivity contribution in [1.82, 2.24) is 10.6 Å². The maximum atomic E-state index is 13.1. The van der Waals surface area contributed by atoms with Crippen LogP contribution in [-0.2, 0) is 4.79 Å². The molecule has 0 fully saturated rings. The topological polar surface area (TPSA) is 59.6 Å². The molecule has 0 aromatic heterocycles. The van der Waals surface area contributed by atoms with Gasteiger partial charge in [0.2, 0.25) is 5.91 Å². The van der Waals surface area contributed by atoms with Gasteiger partial charge in [0.15, 0.2) is 11.5 Å². The monoisotopic (exact) mass is 416 g/mol. The van der Waals surface area contributed by atoms with E-state index in [0.29, 0.717) is 13.2 Å². The van der Waals surface area contributed by atoms with Gasteiger partial charge in [0, 0.05) is 6.04 Å². The minimum atomic E-state index is -0.377. The Labute approximate surface area is 183 Å². The van der Waals surface area contributed by atoms with Gasteiger partial charge < -0.3 is 14.8 Å². The maximum Gasteiger partial charge on any atom is 0.237 e. The van der Waals surface area contributed by atoms with Gasteiger partial charge in [-0.3, -0.25) is 10.1 Å². The molecule has 3 aromatic carbocycles. The first kappa shape index (κ1) is 20.9. The molecule has 2 N–H and O–H groups in total. The Morgan fingerprint density at radius 1 is 0.774 bits per heavy atom. The Morgan fingerprint density at radius 2 is 1.35 bits per heavy atom. The Bertz CT molecular complexity index is 968. The van der Waals surface area contributed by atoms with Crippen LogP contribution in [-0.4, -0.2) is 25.2 Å². The number of fused-ring (bicyclic) bond motifs is 1. The predicted molar refractivity (Wildman–Crippen MR) is 121 cm³/mol. The van der Waals surface area contributed by atoms with Crippen molar-refractivity contribution in [2.45, 2.75) is 32.0 Å². The molecule has 0 saturated carbocycles. The van der Waals surface area contributed by atoms with E-state index in [9.17, 15) is 4.79 Å². The fraction of sp³-hybridized carbons (Fsp3) is 0.269. The molecule has 2 atom stereocenters. The zero-order valence-electron chi connectivity index (χ0n) is 17.9. The molecule has 0 saturated heterocycles. The van der Waals surface area contributed by atoms with E-state index in [1.807, 2.05) is 92.7 Å². The van der Waals surface area contributed by atoms with Gasteiger partial charge in [-0.2, -0.15) is 0 Å². The smallest absolute Gasteiger partial charge is 0.237 e. The molecule has 3 aromatic rings. The zero-order valence-corrected chi connectivity index (χ0v) is 17.9. The van der Waals surface area contributed by atoms with E-state index in [4.69, 9.17) is 9.47 Å². The van der Waals surface area contributed by atoms with Gasteiger partial charge in [0.25, 0.3) is 0 Å². The lowest BCUT2D eigenvalue weighted by Gasteiger charge is -2.25. The summed E-state index contributed by atoms with van der Waals surface area (Å²) in [6.07, 6.45) is 0. The van der Waals surface area contributed by atoms with E-state index in [1.54, 1.807) is 0 Å². The average molecular weight is 417 g/mol. The molecule has 160 valence electrons. The summed E-state index contributed by atoms with van der Waals surface area (Å²) >= 11 is 0. The van der Waals surface area contributed by atoms with E-state index >= 15 is 0 Å². The molecule has 0 unspecified atom stereocenters. The van der Waals surface area contributed by atoms with Gasteiger partial charge >= 0.3 is 0 Å². The SMILES string of the molecule is C[C@H](N[C@H](C)c1ccc2c(c1)OCCO2)C(=O)NC(c1ccccc1)c1ccccc1. The first-order valence-electron chi connectivity index (χ1n) is 10.7. The highest BCUT2D eigenvalue weighted by atomic mass is 16.6. The quantitative estimate of drug-likeness (QED) is 0.599. The van der Waals surface area contributed by atoms with Gasteiger partial charge in [-0.15, -0.1) is 0 Å². The van der Waals surface area contributed by atoms with Crippen LogP contribution in [0.1, 0.15) is 42.6 Å². The Kier molecular flexibility index (Phi) is 6.53. The highest BCUT2D eigenvalue weighted by molar-refractivity contribution is 5.82. The van der Waals surface area contributed by atoms with E-state index in [0.717, 1.165) is 28.2 Å². The molecular formula is C26H28N2O3. The summed E-state index contributed by atoms with van der Waals surface area (Å²) in [5.74, 6) is 1.46. The van der Waals surface area contributed by atoms with Crippen LogP contribution in [0, 0.1) is 0 Å². The molecule has 0 radical (unpaired) electrons. The molecule has 1 heterocycles. The maximum absolute atomic E-state index is 13.1. The summed E-state index contributed by atoms with van der Waals surface area (Å²) in [4.78, 5) is 13.1. The molecule has 0 spiro atoms. The molecular weight excluding hydrogens is 388 g/mol. The number of nitrogens with one attached hydrogen (secondary N) is 2. The van der Waals surface area contributed by atoms with Crippen LogP contribution in [0.3, 0.4) is 0 Å². The van der Waals surface area contributed by atoms with Crippen molar-refractivity contribution in [3.8, 4) is 11.5 Å². The van der Waals surface area contributed by atoms with Crippen molar-refractivity contribution in [3.63, 3.8) is 0 Å². The van der Waals surface area contributed by atoms with Gasteiger partial charge in [-0.25, -0.2) is 0 Å². The summed E-state index contributed by atoms with van der Waals surface area (Å²) in [6.45, 7) is 5.05. The molecule has 1 aliphatic rings. The molecule has 1 aliphatic heterocycles. The van der Waals surface area contributed by atoms with Crippen molar-refractivity contribution < 1.29 is 14.3 Å². The van der Waals surface area contributed by atoms with E-state index in [1.165, 1.54) is 0 Å². The van der Waals surface area contributed by atoms with Gasteiger partial charge in [-0.05, 0) is 42.7 Å². The third-order valence-electron chi connectivity index (χ3n) is 5.51. The molecule has 4 rings (SSSR count). The summed E-state index contributed by atoms with van der Waals surface area (Å²) < 4.78 is 11.3. The fourth-order valence-corrected chi connectivity index (χ4v) is 3.79. The summed E-state index contributed by atoms with van der Waals surface area (Å²) in [5.41, 5.74) is 3.15. The number of rotatable bonds is 7. The molecule has 5 heteroatoms. The minimum absolute atomic E-state index is 0.0246. The van der Waals surface area contributed by atoms with E-state index < -0.39 is 0 Å². The van der Waals surface area contributed by atoms with Crippen LogP contribution in [0.4, 0.5) is 0 Å². The Morgan fingerprint density at radius 3 is 1.97 bits per heavy atom. The van der Waals surface area contributed by atoms with E-state index in [-0.39, 0.29) is 24.0 Å². The number of hydrogen-bond acceptors (Lipinski definition) is 4. The molecule has 0 aliphatic carbocycles. The van der Waals surface area contributed by atoms with Crippen molar-refractivity contribution in [2.75, 3.05) is 13.2 Å². The molecule has 1 amide bonds. The van der Waals surface area contributed by atoms with Crippen LogP contribution >= 0.6 is 0 Å². The normalized spacial score (nSPS) is 14.7. The Hall–Kier alpha value is -3.31. The molecule has 31 heavy (non-hydrogen) atoms. The third kappa shape index (κ3) is 5.06. The largest absolute Gasteiger partial charge is 0.486 e. The second-order valence-electron chi connectivity index (χ2n) is 7.78. The van der Waals surface area contributed by atoms with Gasteiger partial charge in [0.05, 0.1) is 12.1 Å². The first-order valence-corrected chi connectivity index (χ1v) is 10.7. The summed E-state index contributed by atoms with van der Waals surface area (Å²) in [5, 5.41) is 6.61. The lowest BCUT2D eigenvalue weighted by molar-refractivity contribution is -0.123. The van der Waals surface area contributed by atoms with Crippen LogP contribution < -0.4 is 20.1 Å². The van der Waals surface area contributed by atoms with Crippen LogP contribution in [0.15, 0.2) is 78.9 Å². The van der Waals surface area contributed by atoms with Gasteiger partial charge in [0.1, 0.15) is 13.2 Å². The number of hydrogen-bond donors (Lipinski definition) is 2.